The van der Waals surface area contributed by atoms with Gasteiger partial charge in [0.05, 0.1) is 11.5 Å². The van der Waals surface area contributed by atoms with Crippen LogP contribution in [0, 0.1) is 0 Å². The smallest absolute Gasteiger partial charge is 0.152 e. The Kier molecular flexibility index (Phi) is 1.76. The third-order valence-electron chi connectivity index (χ3n) is 1.75. The van der Waals surface area contributed by atoms with E-state index in [1.807, 2.05) is 0 Å². The lowest BCUT2D eigenvalue weighted by molar-refractivity contribution is 0.444. The van der Waals surface area contributed by atoms with Crippen LogP contribution in [-0.4, -0.2) is 25.5 Å². The summed E-state index contributed by atoms with van der Waals surface area (Å²) in [6.07, 6.45) is 1.54. The van der Waals surface area contributed by atoms with Crippen molar-refractivity contribution in [3.05, 3.63) is 0 Å². The molecule has 0 aromatic carbocycles. The molecule has 0 aliphatic carbocycles. The van der Waals surface area contributed by atoms with E-state index in [0.29, 0.717) is 5.75 Å². The van der Waals surface area contributed by atoms with Gasteiger partial charge in [-0.05, 0) is 19.8 Å². The fourth-order valence-electron chi connectivity index (χ4n) is 1.34. The number of rotatable bonds is 0. The van der Waals surface area contributed by atoms with E-state index in [0.717, 1.165) is 12.8 Å². The maximum absolute atomic E-state index is 11.0. The van der Waals surface area contributed by atoms with E-state index >= 15 is 0 Å². The Hall–Kier alpha value is -0.0900. The summed E-state index contributed by atoms with van der Waals surface area (Å²) in [4.78, 5) is 0. The molecule has 60 valence electrons. The van der Waals surface area contributed by atoms with Crippen LogP contribution in [0.25, 0.3) is 0 Å². The van der Waals surface area contributed by atoms with Crippen molar-refractivity contribution in [2.75, 3.05) is 11.5 Å². The van der Waals surface area contributed by atoms with Gasteiger partial charge in [-0.3, -0.25) is 0 Å². The van der Waals surface area contributed by atoms with Crippen LogP contribution >= 0.6 is 0 Å². The van der Waals surface area contributed by atoms with Crippen LogP contribution in [0.3, 0.4) is 0 Å². The van der Waals surface area contributed by atoms with Crippen LogP contribution in [0.15, 0.2) is 0 Å². The van der Waals surface area contributed by atoms with Gasteiger partial charge in [0.15, 0.2) is 9.84 Å². The van der Waals surface area contributed by atoms with E-state index in [-0.39, 0.29) is 5.75 Å². The summed E-state index contributed by atoms with van der Waals surface area (Å²) in [5.74, 6) is 0.472. The standard InChI is InChI=1S/C6H13NO2S/c1-6(7)3-2-4-10(8,9)5-6/h2-5,7H2,1H3. The lowest BCUT2D eigenvalue weighted by Gasteiger charge is -2.28. The normalized spacial score (nSPS) is 39.4. The number of hydrogen-bond acceptors (Lipinski definition) is 3. The summed E-state index contributed by atoms with van der Waals surface area (Å²) in [6.45, 7) is 1.80. The summed E-state index contributed by atoms with van der Waals surface area (Å²) < 4.78 is 22.0. The zero-order valence-corrected chi connectivity index (χ0v) is 6.95. The van der Waals surface area contributed by atoms with Gasteiger partial charge >= 0.3 is 0 Å². The molecule has 2 N–H and O–H groups in total. The summed E-state index contributed by atoms with van der Waals surface area (Å²) in [5, 5.41) is 0. The van der Waals surface area contributed by atoms with Crippen LogP contribution in [-0.2, 0) is 9.84 Å². The molecule has 0 spiro atoms. The van der Waals surface area contributed by atoms with Gasteiger partial charge < -0.3 is 5.73 Å². The SMILES string of the molecule is CC1(N)CCCS(=O)(=O)C1. The van der Waals surface area contributed by atoms with E-state index < -0.39 is 15.4 Å². The van der Waals surface area contributed by atoms with Gasteiger partial charge in [-0.25, -0.2) is 8.42 Å². The molecule has 1 atom stereocenters. The van der Waals surface area contributed by atoms with Gasteiger partial charge in [0.1, 0.15) is 0 Å². The first-order valence-electron chi connectivity index (χ1n) is 3.41. The van der Waals surface area contributed by atoms with Crippen molar-refractivity contribution in [1.29, 1.82) is 0 Å². The maximum Gasteiger partial charge on any atom is 0.152 e. The molecular formula is C6H13NO2S. The van der Waals surface area contributed by atoms with Crippen LogP contribution in [0.4, 0.5) is 0 Å². The van der Waals surface area contributed by atoms with E-state index in [2.05, 4.69) is 0 Å². The zero-order valence-electron chi connectivity index (χ0n) is 6.13. The van der Waals surface area contributed by atoms with Crippen molar-refractivity contribution in [2.24, 2.45) is 5.73 Å². The first-order valence-corrected chi connectivity index (χ1v) is 5.23. The Morgan fingerprint density at radius 1 is 1.50 bits per heavy atom. The highest BCUT2D eigenvalue weighted by Gasteiger charge is 2.30. The molecule has 3 nitrogen and oxygen atoms in total. The predicted octanol–water partition coefficient (Wildman–Crippen LogP) is -0.0876. The Balaban J connectivity index is 2.75. The van der Waals surface area contributed by atoms with Crippen molar-refractivity contribution in [3.8, 4) is 0 Å². The van der Waals surface area contributed by atoms with Gasteiger partial charge in [0, 0.05) is 5.54 Å². The Morgan fingerprint density at radius 3 is 2.40 bits per heavy atom. The van der Waals surface area contributed by atoms with Gasteiger partial charge in [-0.1, -0.05) is 0 Å². The maximum atomic E-state index is 11.0. The largest absolute Gasteiger partial charge is 0.324 e. The highest BCUT2D eigenvalue weighted by molar-refractivity contribution is 7.91. The molecule has 4 heteroatoms. The molecule has 1 aliphatic heterocycles. The van der Waals surface area contributed by atoms with Crippen molar-refractivity contribution in [3.63, 3.8) is 0 Å². The summed E-state index contributed by atoms with van der Waals surface area (Å²) >= 11 is 0. The minimum absolute atomic E-state index is 0.153. The Bertz CT molecular complexity index is 218. The molecule has 1 fully saturated rings. The van der Waals surface area contributed by atoms with Crippen LogP contribution in [0.2, 0.25) is 0 Å². The number of hydrogen-bond donors (Lipinski definition) is 1. The van der Waals surface area contributed by atoms with Gasteiger partial charge in [0.2, 0.25) is 0 Å². The highest BCUT2D eigenvalue weighted by Crippen LogP contribution is 2.19. The van der Waals surface area contributed by atoms with Gasteiger partial charge in [-0.15, -0.1) is 0 Å². The molecule has 1 unspecified atom stereocenters. The molecule has 1 aliphatic rings. The molecule has 1 rings (SSSR count). The van der Waals surface area contributed by atoms with Crippen molar-refractivity contribution >= 4 is 9.84 Å². The summed E-state index contributed by atoms with van der Waals surface area (Å²) in [6, 6.07) is 0. The minimum Gasteiger partial charge on any atom is -0.324 e. The van der Waals surface area contributed by atoms with Crippen molar-refractivity contribution in [2.45, 2.75) is 25.3 Å². The van der Waals surface area contributed by atoms with Crippen LogP contribution in [0.5, 0.6) is 0 Å². The predicted molar refractivity (Wildman–Crippen MR) is 40.5 cm³/mol. The minimum atomic E-state index is -2.82. The van der Waals surface area contributed by atoms with Gasteiger partial charge in [0.25, 0.3) is 0 Å². The third kappa shape index (κ3) is 1.95. The van der Waals surface area contributed by atoms with Gasteiger partial charge in [-0.2, -0.15) is 0 Å². The third-order valence-corrected chi connectivity index (χ3v) is 3.76. The van der Waals surface area contributed by atoms with Crippen molar-refractivity contribution in [1.82, 2.24) is 0 Å². The molecule has 1 saturated heterocycles. The molecular weight excluding hydrogens is 150 g/mol. The van der Waals surface area contributed by atoms with Crippen LogP contribution < -0.4 is 5.73 Å². The van der Waals surface area contributed by atoms with E-state index in [4.69, 9.17) is 5.73 Å². The number of nitrogens with two attached hydrogens (primary N) is 1. The first-order chi connectivity index (χ1) is 4.41. The average Bonchev–Trinajstić information content (AvgIpc) is 1.56. The molecule has 10 heavy (non-hydrogen) atoms. The fraction of sp³-hybridized carbons (Fsp3) is 1.00. The second kappa shape index (κ2) is 2.20. The van der Waals surface area contributed by atoms with E-state index in [1.54, 1.807) is 6.92 Å². The topological polar surface area (TPSA) is 60.2 Å². The number of sulfone groups is 1. The van der Waals surface area contributed by atoms with Crippen LogP contribution in [0.1, 0.15) is 19.8 Å². The monoisotopic (exact) mass is 163 g/mol. The average molecular weight is 163 g/mol. The van der Waals surface area contributed by atoms with Crippen molar-refractivity contribution < 1.29 is 8.42 Å². The second-order valence-corrected chi connectivity index (χ2v) is 5.53. The lowest BCUT2D eigenvalue weighted by Crippen LogP contribution is -2.47. The molecule has 0 saturated carbocycles. The summed E-state index contributed by atoms with van der Waals surface area (Å²) in [7, 11) is -2.82. The molecule has 0 amide bonds. The zero-order chi connectivity index (χ0) is 7.83. The van der Waals surface area contributed by atoms with E-state index in [1.165, 1.54) is 0 Å². The molecule has 0 aromatic rings. The fourth-order valence-corrected chi connectivity index (χ4v) is 3.22. The molecule has 1 heterocycles. The van der Waals surface area contributed by atoms with E-state index in [9.17, 15) is 8.42 Å². The second-order valence-electron chi connectivity index (χ2n) is 3.35. The Labute approximate surface area is 61.5 Å². The highest BCUT2D eigenvalue weighted by atomic mass is 32.2. The summed E-state index contributed by atoms with van der Waals surface area (Å²) in [5.41, 5.74) is 5.20. The molecule has 0 radical (unpaired) electrons. The Morgan fingerprint density at radius 2 is 2.10 bits per heavy atom. The molecule has 0 aromatic heterocycles. The molecule has 0 bridgehead atoms. The lowest BCUT2D eigenvalue weighted by atomic mass is 10.0. The first kappa shape index (κ1) is 8.01. The quantitative estimate of drug-likeness (QED) is 0.543.